The van der Waals surface area contributed by atoms with Crippen LogP contribution in [0, 0.1) is 0 Å². The van der Waals surface area contributed by atoms with Crippen molar-refractivity contribution in [1.29, 1.82) is 0 Å². The minimum absolute atomic E-state index is 0.560. The predicted octanol–water partition coefficient (Wildman–Crippen LogP) is 0.339. The molecule has 1 saturated heterocycles. The maximum atomic E-state index is 5.09. The summed E-state index contributed by atoms with van der Waals surface area (Å²) < 4.78 is 1.46. The van der Waals surface area contributed by atoms with Gasteiger partial charge < -0.3 is 0 Å². The van der Waals surface area contributed by atoms with E-state index in [-0.39, 0.29) is 0 Å². The molecule has 0 aromatic heterocycles. The van der Waals surface area contributed by atoms with Crippen LogP contribution in [0.5, 0.6) is 0 Å². The molecular weight excluding hydrogens is 217 g/mol. The van der Waals surface area contributed by atoms with Crippen molar-refractivity contribution in [2.75, 3.05) is 13.2 Å². The SMILES string of the molecule is c1ccc([Se]C2CNOC2)cc1. The van der Waals surface area contributed by atoms with Crippen LogP contribution in [0.3, 0.4) is 0 Å². The van der Waals surface area contributed by atoms with E-state index in [1.165, 1.54) is 4.46 Å². The van der Waals surface area contributed by atoms with E-state index in [9.17, 15) is 0 Å². The third-order valence-corrected chi connectivity index (χ3v) is 4.20. The molecule has 1 fully saturated rings. The van der Waals surface area contributed by atoms with Crippen LogP contribution in [0.2, 0.25) is 4.82 Å². The molecule has 0 amide bonds. The van der Waals surface area contributed by atoms with Gasteiger partial charge in [-0.1, -0.05) is 0 Å². The monoisotopic (exact) mass is 229 g/mol. The average Bonchev–Trinajstić information content (AvgIpc) is 2.59. The Balaban J connectivity index is 1.94. The molecule has 1 atom stereocenters. The van der Waals surface area contributed by atoms with Gasteiger partial charge in [-0.15, -0.1) is 0 Å². The summed E-state index contributed by atoms with van der Waals surface area (Å²) in [5, 5.41) is 0. The van der Waals surface area contributed by atoms with Crippen LogP contribution < -0.4 is 9.94 Å². The molecule has 1 unspecified atom stereocenters. The Morgan fingerprint density at radius 2 is 2.17 bits per heavy atom. The number of nitrogens with one attached hydrogen (secondary N) is 1. The van der Waals surface area contributed by atoms with Crippen LogP contribution in [0.25, 0.3) is 0 Å². The molecule has 0 spiro atoms. The number of hydroxylamine groups is 1. The molecule has 0 aliphatic carbocycles. The molecular formula is C9H11NOSe. The second-order valence-electron chi connectivity index (χ2n) is 2.71. The summed E-state index contributed by atoms with van der Waals surface area (Å²) in [6.07, 6.45) is 0. The van der Waals surface area contributed by atoms with Crippen molar-refractivity contribution >= 4 is 19.4 Å². The first-order valence-corrected chi connectivity index (χ1v) is 5.86. The van der Waals surface area contributed by atoms with E-state index in [0.29, 0.717) is 19.8 Å². The van der Waals surface area contributed by atoms with Crippen molar-refractivity contribution in [2.24, 2.45) is 0 Å². The minimum atomic E-state index is 0.560. The van der Waals surface area contributed by atoms with Crippen molar-refractivity contribution in [1.82, 2.24) is 5.48 Å². The van der Waals surface area contributed by atoms with Crippen molar-refractivity contribution in [3.05, 3.63) is 30.3 Å². The Morgan fingerprint density at radius 1 is 1.33 bits per heavy atom. The summed E-state index contributed by atoms with van der Waals surface area (Å²) in [7, 11) is 0. The molecule has 1 aliphatic rings. The maximum absolute atomic E-state index is 5.09. The van der Waals surface area contributed by atoms with E-state index in [1.54, 1.807) is 0 Å². The van der Waals surface area contributed by atoms with E-state index in [4.69, 9.17) is 4.84 Å². The zero-order valence-corrected chi connectivity index (χ0v) is 8.41. The Bertz CT molecular complexity index is 234. The first-order valence-electron chi connectivity index (χ1n) is 4.01. The fraction of sp³-hybridized carbons (Fsp3) is 0.333. The second kappa shape index (κ2) is 4.06. The van der Waals surface area contributed by atoms with Crippen molar-refractivity contribution in [2.45, 2.75) is 4.82 Å². The van der Waals surface area contributed by atoms with E-state index < -0.39 is 0 Å². The molecule has 0 bridgehead atoms. The molecule has 2 nitrogen and oxygen atoms in total. The average molecular weight is 228 g/mol. The molecule has 1 heterocycles. The molecule has 1 N–H and O–H groups in total. The predicted molar refractivity (Wildman–Crippen MR) is 49.5 cm³/mol. The molecule has 1 aliphatic heterocycles. The number of rotatable bonds is 2. The topological polar surface area (TPSA) is 21.3 Å². The molecule has 2 rings (SSSR count). The quantitative estimate of drug-likeness (QED) is 0.737. The van der Waals surface area contributed by atoms with Crippen LogP contribution >= 0.6 is 0 Å². The van der Waals surface area contributed by atoms with Crippen molar-refractivity contribution < 1.29 is 4.84 Å². The van der Waals surface area contributed by atoms with Crippen LogP contribution in [0.15, 0.2) is 30.3 Å². The molecule has 1 aromatic rings. The zero-order valence-electron chi connectivity index (χ0n) is 6.69. The Morgan fingerprint density at radius 3 is 2.83 bits per heavy atom. The molecule has 0 saturated carbocycles. The molecule has 0 radical (unpaired) electrons. The fourth-order valence-corrected chi connectivity index (χ4v) is 3.20. The van der Waals surface area contributed by atoms with Gasteiger partial charge >= 0.3 is 78.0 Å². The summed E-state index contributed by atoms with van der Waals surface area (Å²) in [5.41, 5.74) is 2.91. The van der Waals surface area contributed by atoms with Gasteiger partial charge in [0.1, 0.15) is 0 Å². The van der Waals surface area contributed by atoms with Gasteiger partial charge in [-0.25, -0.2) is 0 Å². The van der Waals surface area contributed by atoms with E-state index >= 15 is 0 Å². The van der Waals surface area contributed by atoms with E-state index in [2.05, 4.69) is 35.8 Å². The molecule has 64 valence electrons. The standard InChI is InChI=1S/C9H11NOSe/c1-2-4-8(5-3-1)12-9-6-10-11-7-9/h1-5,9-10H,6-7H2. The van der Waals surface area contributed by atoms with Gasteiger partial charge in [0.2, 0.25) is 0 Å². The third kappa shape index (κ3) is 2.08. The van der Waals surface area contributed by atoms with Gasteiger partial charge in [0.05, 0.1) is 0 Å². The van der Waals surface area contributed by atoms with Crippen LogP contribution in [0.1, 0.15) is 0 Å². The van der Waals surface area contributed by atoms with E-state index in [0.717, 1.165) is 13.2 Å². The van der Waals surface area contributed by atoms with Gasteiger partial charge in [0.25, 0.3) is 0 Å². The first-order chi connectivity index (χ1) is 5.95. The van der Waals surface area contributed by atoms with Crippen LogP contribution in [0.4, 0.5) is 0 Å². The Labute approximate surface area is 78.4 Å². The molecule has 12 heavy (non-hydrogen) atoms. The summed E-state index contributed by atoms with van der Waals surface area (Å²) in [5.74, 6) is 0. The summed E-state index contributed by atoms with van der Waals surface area (Å²) in [4.78, 5) is 5.80. The van der Waals surface area contributed by atoms with Gasteiger partial charge in [-0.05, 0) is 0 Å². The first kappa shape index (κ1) is 8.27. The molecule has 1 aromatic carbocycles. The third-order valence-electron chi connectivity index (χ3n) is 1.73. The van der Waals surface area contributed by atoms with Gasteiger partial charge in [-0.3, -0.25) is 0 Å². The van der Waals surface area contributed by atoms with Gasteiger partial charge in [-0.2, -0.15) is 0 Å². The van der Waals surface area contributed by atoms with Crippen molar-refractivity contribution in [3.8, 4) is 0 Å². The summed E-state index contributed by atoms with van der Waals surface area (Å²) in [6.45, 7) is 1.88. The van der Waals surface area contributed by atoms with Gasteiger partial charge in [0, 0.05) is 0 Å². The second-order valence-corrected chi connectivity index (χ2v) is 5.59. The van der Waals surface area contributed by atoms with Crippen LogP contribution in [-0.2, 0) is 4.84 Å². The summed E-state index contributed by atoms with van der Waals surface area (Å²) in [6, 6.07) is 10.6. The number of hydrogen-bond acceptors (Lipinski definition) is 2. The Kier molecular flexibility index (Phi) is 2.79. The van der Waals surface area contributed by atoms with E-state index in [1.807, 2.05) is 0 Å². The number of hydrogen-bond donors (Lipinski definition) is 1. The Hall–Kier alpha value is -0.341. The molecule has 3 heteroatoms. The fourth-order valence-electron chi connectivity index (χ4n) is 1.13. The normalized spacial score (nSPS) is 22.8. The zero-order chi connectivity index (χ0) is 8.23. The van der Waals surface area contributed by atoms with Crippen LogP contribution in [-0.4, -0.2) is 28.1 Å². The van der Waals surface area contributed by atoms with Gasteiger partial charge in [0.15, 0.2) is 0 Å². The number of benzene rings is 1. The van der Waals surface area contributed by atoms with Crippen molar-refractivity contribution in [3.63, 3.8) is 0 Å². The summed E-state index contributed by atoms with van der Waals surface area (Å²) >= 11 is 0.560.